The average molecular weight is 380 g/mol. The largest absolute Gasteiger partial charge is 0.396 e. The van der Waals surface area contributed by atoms with Gasteiger partial charge in [0.15, 0.2) is 0 Å². The van der Waals surface area contributed by atoms with Gasteiger partial charge in [0.1, 0.15) is 0 Å². The number of aliphatic hydroxyl groups is 1. The number of amides is 1. The normalized spacial score (nSPS) is 12.7. The highest BCUT2D eigenvalue weighted by molar-refractivity contribution is 7.72. The number of hydrogen-bond donors (Lipinski definition) is 6. The second-order valence-corrected chi connectivity index (χ2v) is 8.50. The second kappa shape index (κ2) is 8.69. The number of aliphatic hydroxyl groups excluding tert-OH is 1. The Balaban J connectivity index is 5.15. The molecule has 0 aromatic rings. The predicted octanol–water partition coefficient (Wildman–Crippen LogP) is -1.13. The summed E-state index contributed by atoms with van der Waals surface area (Å²) in [6.07, 6.45) is -1.99. The lowest BCUT2D eigenvalue weighted by Gasteiger charge is -2.35. The van der Waals surface area contributed by atoms with Gasteiger partial charge < -0.3 is 34.8 Å². The summed E-state index contributed by atoms with van der Waals surface area (Å²) in [5.41, 5.74) is 0. The number of hydrogen-bond acceptors (Lipinski definition) is 7. The third-order valence-electron chi connectivity index (χ3n) is 2.73. The lowest BCUT2D eigenvalue weighted by molar-refractivity contribution is -0.757. The third kappa shape index (κ3) is 6.51. The first-order valence-electron chi connectivity index (χ1n) is 6.18. The van der Waals surface area contributed by atoms with Gasteiger partial charge in [0.25, 0.3) is 5.09 Å². The first-order chi connectivity index (χ1) is 10.4. The Morgan fingerprint density at radius 2 is 1.70 bits per heavy atom. The molecule has 0 atom stereocenters. The average Bonchev–Trinajstić information content (AvgIpc) is 2.36. The van der Waals surface area contributed by atoms with Gasteiger partial charge in [-0.25, -0.2) is 0 Å². The van der Waals surface area contributed by atoms with Gasteiger partial charge >= 0.3 is 15.2 Å². The van der Waals surface area contributed by atoms with Gasteiger partial charge in [0, 0.05) is 13.0 Å². The Morgan fingerprint density at radius 3 is 2.09 bits per heavy atom. The van der Waals surface area contributed by atoms with Crippen LogP contribution >= 0.6 is 15.2 Å². The van der Waals surface area contributed by atoms with Crippen LogP contribution in [-0.2, 0) is 18.8 Å². The summed E-state index contributed by atoms with van der Waals surface area (Å²) in [6, 6.07) is 0. The maximum absolute atomic E-state index is 11.7. The van der Waals surface area contributed by atoms with Crippen molar-refractivity contribution in [1.29, 1.82) is 0 Å². The molecule has 0 heterocycles. The van der Waals surface area contributed by atoms with E-state index in [9.17, 15) is 43.6 Å². The minimum absolute atomic E-state index is 0.217. The van der Waals surface area contributed by atoms with Crippen molar-refractivity contribution >= 4 is 21.1 Å². The Bertz CT molecular complexity index is 490. The van der Waals surface area contributed by atoms with Crippen LogP contribution in [0.2, 0.25) is 0 Å². The zero-order valence-corrected chi connectivity index (χ0v) is 13.6. The van der Waals surface area contributed by atoms with E-state index in [0.29, 0.717) is 0 Å². The lowest BCUT2D eigenvalue weighted by atomic mass is 10.2. The van der Waals surface area contributed by atoms with Gasteiger partial charge in [-0.05, 0) is 19.3 Å². The molecule has 0 bridgehead atoms. The maximum atomic E-state index is 11.7. The van der Waals surface area contributed by atoms with Crippen LogP contribution in [0.3, 0.4) is 0 Å². The zero-order chi connectivity index (χ0) is 18.3. The van der Waals surface area contributed by atoms with Gasteiger partial charge in [-0.3, -0.25) is 13.9 Å². The van der Waals surface area contributed by atoms with Crippen molar-refractivity contribution in [3.63, 3.8) is 0 Å². The first kappa shape index (κ1) is 21.9. The summed E-state index contributed by atoms with van der Waals surface area (Å²) in [5, 5.41) is 16.0. The van der Waals surface area contributed by atoms with Crippen molar-refractivity contribution < 1.29 is 48.5 Å². The minimum Gasteiger partial charge on any atom is -0.396 e. The summed E-state index contributed by atoms with van der Waals surface area (Å²) < 4.78 is 23.1. The standard InChI is InChI=1S/C8H18N2O11P2/c11-5-2-4-8(22(15,16)17,23(18,19)20)9-7(12)3-1-6-21-10(13)14/h11H,1-6H2,(H,9,12)(H2,15,16,17)(H2,18,19,20). The molecule has 6 N–H and O–H groups in total. The zero-order valence-electron chi connectivity index (χ0n) is 11.8. The van der Waals surface area contributed by atoms with E-state index in [2.05, 4.69) is 4.84 Å². The third-order valence-corrected chi connectivity index (χ3v) is 6.89. The molecule has 136 valence electrons. The molecule has 0 spiro atoms. The van der Waals surface area contributed by atoms with E-state index >= 15 is 0 Å². The van der Waals surface area contributed by atoms with Crippen molar-refractivity contribution in [1.82, 2.24) is 5.32 Å². The fourth-order valence-electron chi connectivity index (χ4n) is 1.65. The van der Waals surface area contributed by atoms with Gasteiger partial charge in [-0.2, -0.15) is 0 Å². The molecule has 13 nitrogen and oxygen atoms in total. The number of rotatable bonds is 11. The molecule has 0 aliphatic rings. The van der Waals surface area contributed by atoms with Crippen LogP contribution in [0.4, 0.5) is 0 Å². The summed E-state index contributed by atoms with van der Waals surface area (Å²) in [7, 11) is -11.0. The molecule has 0 rings (SSSR count). The Morgan fingerprint density at radius 1 is 1.17 bits per heavy atom. The van der Waals surface area contributed by atoms with E-state index in [1.165, 1.54) is 0 Å². The van der Waals surface area contributed by atoms with Crippen molar-refractivity contribution in [3.8, 4) is 0 Å². The van der Waals surface area contributed by atoms with Gasteiger partial charge in [0.2, 0.25) is 10.9 Å². The smallest absolute Gasteiger partial charge is 0.363 e. The Labute approximate surface area is 130 Å². The fraction of sp³-hybridized carbons (Fsp3) is 0.875. The molecule has 23 heavy (non-hydrogen) atoms. The van der Waals surface area contributed by atoms with E-state index in [1.807, 2.05) is 0 Å². The van der Waals surface area contributed by atoms with Crippen molar-refractivity contribution in [2.45, 2.75) is 30.7 Å². The number of nitrogens with one attached hydrogen (secondary N) is 1. The topological polar surface area (TPSA) is 217 Å². The molecule has 0 saturated carbocycles. The number of carbonyl (C=O) groups is 1. The van der Waals surface area contributed by atoms with E-state index < -0.39 is 57.3 Å². The fourth-order valence-corrected chi connectivity index (χ4v) is 4.45. The van der Waals surface area contributed by atoms with Crippen LogP contribution < -0.4 is 5.32 Å². The molecule has 1 amide bonds. The number of carbonyl (C=O) groups excluding carboxylic acids is 1. The van der Waals surface area contributed by atoms with E-state index in [0.717, 1.165) is 0 Å². The van der Waals surface area contributed by atoms with Crippen LogP contribution in [0.5, 0.6) is 0 Å². The summed E-state index contributed by atoms with van der Waals surface area (Å²) in [6.45, 7) is -1.09. The highest BCUT2D eigenvalue weighted by atomic mass is 31.2. The van der Waals surface area contributed by atoms with Gasteiger partial charge in [0.05, 0.1) is 6.61 Å². The van der Waals surface area contributed by atoms with Crippen LogP contribution in [0.25, 0.3) is 0 Å². The molecule has 0 aromatic carbocycles. The van der Waals surface area contributed by atoms with E-state index in [1.54, 1.807) is 5.32 Å². The lowest BCUT2D eigenvalue weighted by Crippen LogP contribution is -2.48. The predicted molar refractivity (Wildman–Crippen MR) is 73.5 cm³/mol. The SMILES string of the molecule is O=C(CCCO[N+](=O)[O-])NC(CCCO)(P(=O)(O)O)P(=O)(O)O. The molecule has 15 heteroatoms. The summed E-state index contributed by atoms with van der Waals surface area (Å²) in [4.78, 5) is 62.7. The molecule has 0 fully saturated rings. The second-order valence-electron chi connectivity index (χ2n) is 4.44. The van der Waals surface area contributed by atoms with Crippen molar-refractivity contribution in [3.05, 3.63) is 10.1 Å². The molecule has 0 aliphatic heterocycles. The Kier molecular flexibility index (Phi) is 8.29. The van der Waals surface area contributed by atoms with Gasteiger partial charge in [-0.15, -0.1) is 10.1 Å². The monoisotopic (exact) mass is 380 g/mol. The highest BCUT2D eigenvalue weighted by Gasteiger charge is 2.60. The van der Waals surface area contributed by atoms with Crippen LogP contribution in [0.1, 0.15) is 25.7 Å². The minimum atomic E-state index is -5.51. The van der Waals surface area contributed by atoms with Crippen LogP contribution in [0.15, 0.2) is 0 Å². The van der Waals surface area contributed by atoms with E-state index in [4.69, 9.17) is 5.11 Å². The molecule has 0 aliphatic carbocycles. The molecular weight excluding hydrogens is 362 g/mol. The molecule has 0 unspecified atom stereocenters. The van der Waals surface area contributed by atoms with Gasteiger partial charge in [-0.1, -0.05) is 0 Å². The molecule has 0 aromatic heterocycles. The molecular formula is C8H18N2O11P2. The van der Waals surface area contributed by atoms with Crippen molar-refractivity contribution in [2.75, 3.05) is 13.2 Å². The van der Waals surface area contributed by atoms with Crippen molar-refractivity contribution in [2.24, 2.45) is 0 Å². The quantitative estimate of drug-likeness (QED) is 0.109. The van der Waals surface area contributed by atoms with E-state index in [-0.39, 0.29) is 12.8 Å². The van der Waals surface area contributed by atoms with Crippen LogP contribution in [0, 0.1) is 10.1 Å². The maximum Gasteiger partial charge on any atom is 0.363 e. The number of nitrogens with zero attached hydrogens (tertiary/aromatic N) is 1. The summed E-state index contributed by atoms with van der Waals surface area (Å²) >= 11 is 0. The summed E-state index contributed by atoms with van der Waals surface area (Å²) in [5.74, 6) is -1.14. The highest BCUT2D eigenvalue weighted by Crippen LogP contribution is 2.69. The first-order valence-corrected chi connectivity index (χ1v) is 9.40. The Hall–Kier alpha value is -1.07. The molecule has 0 saturated heterocycles. The van der Waals surface area contributed by atoms with Crippen LogP contribution in [-0.4, -0.2) is 53.9 Å². The molecule has 0 radical (unpaired) electrons.